The first kappa shape index (κ1) is 24.9. The first-order chi connectivity index (χ1) is 17.0. The number of rotatable bonds is 8. The summed E-state index contributed by atoms with van der Waals surface area (Å²) in [6.45, 7) is 9.12. The SMILES string of the molecule is CCOC(=O)C1=C(CN2CCN(Cc3ccccc3)CC2)N(CC)C(=O)NC1c1ccc(F)cc1. The van der Waals surface area contributed by atoms with Gasteiger partial charge in [0, 0.05) is 51.5 Å². The Labute approximate surface area is 206 Å². The van der Waals surface area contributed by atoms with Crippen molar-refractivity contribution in [2.45, 2.75) is 26.4 Å². The third-order valence-corrected chi connectivity index (χ3v) is 6.54. The number of nitrogens with zero attached hydrogens (tertiary/aromatic N) is 3. The van der Waals surface area contributed by atoms with Crippen LogP contribution in [0.3, 0.4) is 0 Å². The molecule has 0 aromatic heterocycles. The largest absolute Gasteiger partial charge is 0.463 e. The molecule has 0 aliphatic carbocycles. The number of ether oxygens (including phenoxy) is 1. The Morgan fingerprint density at radius 3 is 2.20 bits per heavy atom. The predicted octanol–water partition coefficient (Wildman–Crippen LogP) is 3.55. The van der Waals surface area contributed by atoms with Gasteiger partial charge >= 0.3 is 12.0 Å². The van der Waals surface area contributed by atoms with Gasteiger partial charge in [-0.1, -0.05) is 42.5 Å². The Balaban J connectivity index is 1.58. The first-order valence-corrected chi connectivity index (χ1v) is 12.2. The minimum absolute atomic E-state index is 0.226. The first-order valence-electron chi connectivity index (χ1n) is 12.2. The van der Waals surface area contributed by atoms with Crippen LogP contribution in [-0.2, 0) is 16.1 Å². The maximum Gasteiger partial charge on any atom is 0.338 e. The molecule has 1 saturated heterocycles. The van der Waals surface area contributed by atoms with E-state index in [9.17, 15) is 14.0 Å². The number of hydrogen-bond acceptors (Lipinski definition) is 5. The van der Waals surface area contributed by atoms with Crippen molar-refractivity contribution in [3.63, 3.8) is 0 Å². The number of piperazine rings is 1. The topological polar surface area (TPSA) is 65.1 Å². The summed E-state index contributed by atoms with van der Waals surface area (Å²) in [5.41, 5.74) is 2.99. The van der Waals surface area contributed by atoms with Crippen molar-refractivity contribution in [3.05, 3.63) is 82.8 Å². The third-order valence-electron chi connectivity index (χ3n) is 6.54. The summed E-state index contributed by atoms with van der Waals surface area (Å²) in [7, 11) is 0. The van der Waals surface area contributed by atoms with Gasteiger partial charge in [-0.15, -0.1) is 0 Å². The summed E-state index contributed by atoms with van der Waals surface area (Å²) < 4.78 is 19.0. The normalized spacial score (nSPS) is 19.6. The molecule has 2 aliphatic rings. The molecule has 4 rings (SSSR count). The van der Waals surface area contributed by atoms with Crippen LogP contribution in [0.5, 0.6) is 0 Å². The molecule has 1 fully saturated rings. The van der Waals surface area contributed by atoms with Crippen LogP contribution in [-0.4, -0.2) is 72.6 Å². The molecule has 1 atom stereocenters. The highest BCUT2D eigenvalue weighted by molar-refractivity contribution is 5.95. The number of urea groups is 1. The number of halogens is 1. The molecule has 2 aromatic carbocycles. The molecule has 1 unspecified atom stereocenters. The van der Waals surface area contributed by atoms with Gasteiger partial charge in [-0.05, 0) is 37.1 Å². The van der Waals surface area contributed by atoms with Crippen LogP contribution in [0.2, 0.25) is 0 Å². The van der Waals surface area contributed by atoms with Gasteiger partial charge in [0.25, 0.3) is 0 Å². The predicted molar refractivity (Wildman–Crippen MR) is 132 cm³/mol. The molecule has 8 heteroatoms. The molecule has 35 heavy (non-hydrogen) atoms. The summed E-state index contributed by atoms with van der Waals surface area (Å²) >= 11 is 0. The molecule has 0 bridgehead atoms. The summed E-state index contributed by atoms with van der Waals surface area (Å²) in [5.74, 6) is -0.834. The minimum atomic E-state index is -0.695. The lowest BCUT2D eigenvalue weighted by Gasteiger charge is -2.40. The van der Waals surface area contributed by atoms with Gasteiger partial charge in [-0.25, -0.2) is 14.0 Å². The highest BCUT2D eigenvalue weighted by Gasteiger charge is 2.38. The monoisotopic (exact) mass is 480 g/mol. The molecule has 0 radical (unpaired) electrons. The molecular weight excluding hydrogens is 447 g/mol. The fourth-order valence-electron chi connectivity index (χ4n) is 4.72. The fraction of sp³-hybridized carbons (Fsp3) is 0.407. The zero-order valence-corrected chi connectivity index (χ0v) is 20.4. The Morgan fingerprint density at radius 1 is 0.971 bits per heavy atom. The number of hydrogen-bond donors (Lipinski definition) is 1. The summed E-state index contributed by atoms with van der Waals surface area (Å²) in [4.78, 5) is 32.5. The Kier molecular flexibility index (Phi) is 8.15. The van der Waals surface area contributed by atoms with Gasteiger partial charge < -0.3 is 10.1 Å². The number of carbonyl (C=O) groups is 2. The molecule has 2 aliphatic heterocycles. The highest BCUT2D eigenvalue weighted by atomic mass is 19.1. The van der Waals surface area contributed by atoms with Crippen LogP contribution >= 0.6 is 0 Å². The zero-order chi connectivity index (χ0) is 24.8. The average Bonchev–Trinajstić information content (AvgIpc) is 2.86. The van der Waals surface area contributed by atoms with E-state index < -0.39 is 12.0 Å². The van der Waals surface area contributed by atoms with E-state index in [0.29, 0.717) is 29.9 Å². The number of esters is 1. The van der Waals surface area contributed by atoms with Crippen molar-refractivity contribution < 1.29 is 18.7 Å². The molecule has 0 saturated carbocycles. The van der Waals surface area contributed by atoms with Crippen LogP contribution in [0.25, 0.3) is 0 Å². The van der Waals surface area contributed by atoms with E-state index in [0.717, 1.165) is 32.7 Å². The number of amides is 2. The number of benzene rings is 2. The quantitative estimate of drug-likeness (QED) is 0.586. The molecule has 2 aromatic rings. The molecule has 0 spiro atoms. The Hall–Kier alpha value is -3.23. The van der Waals surface area contributed by atoms with E-state index in [4.69, 9.17) is 4.74 Å². The second-order valence-electron chi connectivity index (χ2n) is 8.80. The molecule has 2 heterocycles. The number of likely N-dealkylation sites (N-methyl/N-ethyl adjacent to an activating group) is 1. The van der Waals surface area contributed by atoms with E-state index in [1.807, 2.05) is 13.0 Å². The Morgan fingerprint density at radius 2 is 1.60 bits per heavy atom. The summed E-state index contributed by atoms with van der Waals surface area (Å²) in [5, 5.41) is 2.92. The molecule has 1 N–H and O–H groups in total. The minimum Gasteiger partial charge on any atom is -0.463 e. The van der Waals surface area contributed by atoms with Gasteiger partial charge in [0.2, 0.25) is 0 Å². The van der Waals surface area contributed by atoms with Gasteiger partial charge in [-0.2, -0.15) is 0 Å². The maximum atomic E-state index is 13.6. The third kappa shape index (κ3) is 5.89. The van der Waals surface area contributed by atoms with Crippen LogP contribution in [0.4, 0.5) is 9.18 Å². The van der Waals surface area contributed by atoms with E-state index >= 15 is 0 Å². The lowest BCUT2D eigenvalue weighted by Crippen LogP contribution is -2.53. The van der Waals surface area contributed by atoms with Gasteiger partial charge in [0.05, 0.1) is 18.2 Å². The molecule has 186 valence electrons. The second kappa shape index (κ2) is 11.5. The van der Waals surface area contributed by atoms with Crippen LogP contribution in [0.15, 0.2) is 65.9 Å². The van der Waals surface area contributed by atoms with E-state index in [-0.39, 0.29) is 18.5 Å². The Bertz CT molecular complexity index is 1050. The standard InChI is InChI=1S/C27H33FN4O3/c1-3-32-23(19-31-16-14-30(15-17-31)18-20-8-6-5-7-9-20)24(26(33)35-4-2)25(29-27(32)34)21-10-12-22(28)13-11-21/h5-13,25H,3-4,14-19H2,1-2H3,(H,29,34). The van der Waals surface area contributed by atoms with Crippen molar-refractivity contribution in [1.82, 2.24) is 20.0 Å². The van der Waals surface area contributed by atoms with E-state index in [2.05, 4.69) is 39.4 Å². The van der Waals surface area contributed by atoms with Crippen molar-refractivity contribution >= 4 is 12.0 Å². The average molecular weight is 481 g/mol. The number of nitrogens with one attached hydrogen (secondary N) is 1. The summed E-state index contributed by atoms with van der Waals surface area (Å²) in [6.07, 6.45) is 0. The number of carbonyl (C=O) groups excluding carboxylic acids is 2. The van der Waals surface area contributed by atoms with Crippen molar-refractivity contribution in [2.75, 3.05) is 45.9 Å². The van der Waals surface area contributed by atoms with Crippen LogP contribution < -0.4 is 5.32 Å². The van der Waals surface area contributed by atoms with Crippen LogP contribution in [0, 0.1) is 5.82 Å². The lowest BCUT2D eigenvalue weighted by molar-refractivity contribution is -0.139. The van der Waals surface area contributed by atoms with Crippen molar-refractivity contribution in [1.29, 1.82) is 0 Å². The van der Waals surface area contributed by atoms with Gasteiger partial charge in [-0.3, -0.25) is 14.7 Å². The van der Waals surface area contributed by atoms with Gasteiger partial charge in [0.15, 0.2) is 0 Å². The van der Waals surface area contributed by atoms with Gasteiger partial charge in [0.1, 0.15) is 5.82 Å². The van der Waals surface area contributed by atoms with Crippen molar-refractivity contribution in [2.24, 2.45) is 0 Å². The zero-order valence-electron chi connectivity index (χ0n) is 20.4. The maximum absolute atomic E-state index is 13.6. The van der Waals surface area contributed by atoms with Crippen molar-refractivity contribution in [3.8, 4) is 0 Å². The summed E-state index contributed by atoms with van der Waals surface area (Å²) in [6, 6.07) is 15.3. The highest BCUT2D eigenvalue weighted by Crippen LogP contribution is 2.32. The fourth-order valence-corrected chi connectivity index (χ4v) is 4.72. The van der Waals surface area contributed by atoms with E-state index in [1.165, 1.54) is 17.7 Å². The molecule has 2 amide bonds. The molecular formula is C27H33FN4O3. The molecule has 7 nitrogen and oxygen atoms in total. The lowest BCUT2D eigenvalue weighted by atomic mass is 9.94. The van der Waals surface area contributed by atoms with Crippen LogP contribution in [0.1, 0.15) is 31.0 Å². The van der Waals surface area contributed by atoms with E-state index in [1.54, 1.807) is 24.0 Å². The smallest absolute Gasteiger partial charge is 0.338 e. The second-order valence-corrected chi connectivity index (χ2v) is 8.80.